The minimum atomic E-state index is -0.176. The summed E-state index contributed by atoms with van der Waals surface area (Å²) in [6, 6.07) is 15.8. The van der Waals surface area contributed by atoms with Crippen LogP contribution in [0.4, 0.5) is 5.69 Å². The molecule has 4 aromatic rings. The number of fused-ring (bicyclic) bond motifs is 1. The molecule has 0 bridgehead atoms. The van der Waals surface area contributed by atoms with E-state index >= 15 is 0 Å². The van der Waals surface area contributed by atoms with Gasteiger partial charge in [-0.2, -0.15) is 4.98 Å². The molecule has 0 unspecified atom stereocenters. The summed E-state index contributed by atoms with van der Waals surface area (Å²) in [4.78, 5) is 21.4. The minimum Gasteiger partial charge on any atom is -0.339 e. The number of benzene rings is 2. The molecule has 0 aliphatic heterocycles. The van der Waals surface area contributed by atoms with E-state index in [0.717, 1.165) is 26.5 Å². The van der Waals surface area contributed by atoms with E-state index < -0.39 is 0 Å². The molecule has 1 amide bonds. The molecule has 0 atom stereocenters. The number of rotatable bonds is 5. The Labute approximate surface area is 173 Å². The number of thiazole rings is 1. The fourth-order valence-electron chi connectivity index (χ4n) is 2.83. The maximum atomic E-state index is 12.4. The smallest absolute Gasteiger partial charge is 0.227 e. The van der Waals surface area contributed by atoms with Crippen molar-refractivity contribution in [2.24, 2.45) is 0 Å². The van der Waals surface area contributed by atoms with Crippen molar-refractivity contribution in [1.29, 1.82) is 0 Å². The van der Waals surface area contributed by atoms with Gasteiger partial charge in [0, 0.05) is 29.5 Å². The molecule has 4 rings (SSSR count). The highest BCUT2D eigenvalue weighted by molar-refractivity contribution is 7.21. The van der Waals surface area contributed by atoms with E-state index in [0.29, 0.717) is 18.1 Å². The molecule has 2 aromatic heterocycles. The van der Waals surface area contributed by atoms with Gasteiger partial charge in [-0.05, 0) is 24.3 Å². The van der Waals surface area contributed by atoms with Crippen LogP contribution < -0.4 is 5.32 Å². The predicted octanol–water partition coefficient (Wildman–Crippen LogP) is 5.22. The van der Waals surface area contributed by atoms with Gasteiger partial charge in [0.25, 0.3) is 0 Å². The number of nitrogens with one attached hydrogen (secondary N) is 1. The Kier molecular flexibility index (Phi) is 5.15. The van der Waals surface area contributed by atoms with Gasteiger partial charge in [0.1, 0.15) is 5.01 Å². The van der Waals surface area contributed by atoms with Gasteiger partial charge in [-0.1, -0.05) is 50.2 Å². The highest BCUT2D eigenvalue weighted by Crippen LogP contribution is 2.31. The number of hydrogen-bond acceptors (Lipinski definition) is 6. The second-order valence-corrected chi connectivity index (χ2v) is 8.91. The molecule has 2 heterocycles. The van der Waals surface area contributed by atoms with E-state index in [1.165, 1.54) is 0 Å². The Morgan fingerprint density at radius 2 is 1.93 bits per heavy atom. The topological polar surface area (TPSA) is 80.9 Å². The van der Waals surface area contributed by atoms with Crippen molar-refractivity contribution in [2.45, 2.75) is 39.0 Å². The van der Waals surface area contributed by atoms with Gasteiger partial charge in [0.05, 0.1) is 10.2 Å². The van der Waals surface area contributed by atoms with Crippen LogP contribution in [-0.4, -0.2) is 21.0 Å². The van der Waals surface area contributed by atoms with Crippen LogP contribution in [-0.2, 0) is 16.6 Å². The second-order valence-electron chi connectivity index (χ2n) is 7.88. The number of nitrogens with zero attached hydrogens (tertiary/aromatic N) is 3. The Morgan fingerprint density at radius 3 is 2.69 bits per heavy atom. The number of amides is 1. The Morgan fingerprint density at radius 1 is 1.10 bits per heavy atom. The van der Waals surface area contributed by atoms with E-state index in [2.05, 4.69) is 26.5 Å². The van der Waals surface area contributed by atoms with E-state index in [-0.39, 0.29) is 17.7 Å². The number of aryl methyl sites for hydroxylation is 1. The molecule has 0 saturated heterocycles. The van der Waals surface area contributed by atoms with E-state index in [4.69, 9.17) is 4.52 Å². The minimum absolute atomic E-state index is 0.0954. The summed E-state index contributed by atoms with van der Waals surface area (Å²) in [6.07, 6.45) is 0.684. The molecule has 0 spiro atoms. The van der Waals surface area contributed by atoms with Gasteiger partial charge in [-0.25, -0.2) is 4.98 Å². The van der Waals surface area contributed by atoms with Gasteiger partial charge in [-0.3, -0.25) is 4.79 Å². The summed E-state index contributed by atoms with van der Waals surface area (Å²) < 4.78 is 6.39. The fraction of sp³-hybridized carbons (Fsp3) is 0.273. The third-order valence-electron chi connectivity index (χ3n) is 4.39. The third-order valence-corrected chi connectivity index (χ3v) is 5.48. The van der Waals surface area contributed by atoms with Crippen LogP contribution in [0.15, 0.2) is 53.1 Å². The molecule has 0 aliphatic rings. The first-order valence-corrected chi connectivity index (χ1v) is 10.3. The van der Waals surface area contributed by atoms with Crippen LogP contribution in [0, 0.1) is 0 Å². The van der Waals surface area contributed by atoms with Crippen molar-refractivity contribution in [3.05, 3.63) is 60.2 Å². The number of anilines is 1. The van der Waals surface area contributed by atoms with E-state index in [1.54, 1.807) is 11.3 Å². The molecule has 29 heavy (non-hydrogen) atoms. The van der Waals surface area contributed by atoms with Crippen molar-refractivity contribution in [2.75, 3.05) is 5.32 Å². The molecule has 1 N–H and O–H groups in total. The summed E-state index contributed by atoms with van der Waals surface area (Å²) in [5.74, 6) is 1.03. The summed E-state index contributed by atoms with van der Waals surface area (Å²) in [6.45, 7) is 6.06. The first kappa shape index (κ1) is 19.3. The lowest BCUT2D eigenvalue weighted by Gasteiger charge is -2.10. The summed E-state index contributed by atoms with van der Waals surface area (Å²) >= 11 is 1.64. The van der Waals surface area contributed by atoms with Crippen LogP contribution in [0.5, 0.6) is 0 Å². The van der Waals surface area contributed by atoms with Crippen molar-refractivity contribution < 1.29 is 9.32 Å². The van der Waals surface area contributed by atoms with Crippen LogP contribution in [0.1, 0.15) is 38.9 Å². The van der Waals surface area contributed by atoms with Crippen molar-refractivity contribution >= 4 is 33.1 Å². The zero-order chi connectivity index (χ0) is 20.4. The zero-order valence-corrected chi connectivity index (χ0v) is 17.4. The molecule has 0 fully saturated rings. The lowest BCUT2D eigenvalue weighted by Crippen LogP contribution is -2.14. The first-order valence-electron chi connectivity index (χ1n) is 9.47. The van der Waals surface area contributed by atoms with Gasteiger partial charge in [-0.15, -0.1) is 11.3 Å². The molecule has 0 saturated carbocycles. The Bertz CT molecular complexity index is 1120. The van der Waals surface area contributed by atoms with E-state index in [1.807, 2.05) is 63.2 Å². The average Bonchev–Trinajstić information content (AvgIpc) is 3.33. The molecular weight excluding hydrogens is 384 g/mol. The van der Waals surface area contributed by atoms with Crippen LogP contribution >= 0.6 is 11.3 Å². The molecular formula is C22H22N4O2S. The zero-order valence-electron chi connectivity index (χ0n) is 16.6. The first-order chi connectivity index (χ1) is 13.9. The average molecular weight is 407 g/mol. The summed E-state index contributed by atoms with van der Waals surface area (Å²) in [7, 11) is 0. The van der Waals surface area contributed by atoms with Crippen LogP contribution in [0.3, 0.4) is 0 Å². The van der Waals surface area contributed by atoms with Crippen LogP contribution in [0.2, 0.25) is 0 Å². The lowest BCUT2D eigenvalue weighted by molar-refractivity contribution is -0.116. The quantitative estimate of drug-likeness (QED) is 0.492. The Balaban J connectivity index is 1.41. The highest BCUT2D eigenvalue weighted by atomic mass is 32.1. The SMILES string of the molecule is CC(C)(C)c1noc(CCC(=O)Nc2cccc(-c3nc4ccccc4s3)c2)n1. The monoisotopic (exact) mass is 406 g/mol. The Hall–Kier alpha value is -3.06. The van der Waals surface area contributed by atoms with Crippen LogP contribution in [0.25, 0.3) is 20.8 Å². The lowest BCUT2D eigenvalue weighted by atomic mass is 9.96. The molecule has 148 valence electrons. The summed E-state index contributed by atoms with van der Waals surface area (Å²) in [5.41, 5.74) is 2.53. The number of hydrogen-bond donors (Lipinski definition) is 1. The van der Waals surface area contributed by atoms with Gasteiger partial charge in [0.15, 0.2) is 5.82 Å². The van der Waals surface area contributed by atoms with E-state index in [9.17, 15) is 4.79 Å². The molecule has 0 aliphatic carbocycles. The molecule has 7 heteroatoms. The van der Waals surface area contributed by atoms with Crippen molar-refractivity contribution in [3.63, 3.8) is 0 Å². The fourth-order valence-corrected chi connectivity index (χ4v) is 3.79. The number of carbonyl (C=O) groups excluding carboxylic acids is 1. The molecule has 0 radical (unpaired) electrons. The van der Waals surface area contributed by atoms with Gasteiger partial charge in [0.2, 0.25) is 11.8 Å². The predicted molar refractivity (Wildman–Crippen MR) is 115 cm³/mol. The van der Waals surface area contributed by atoms with Crippen molar-refractivity contribution in [1.82, 2.24) is 15.1 Å². The highest BCUT2D eigenvalue weighted by Gasteiger charge is 2.21. The molecule has 2 aromatic carbocycles. The second kappa shape index (κ2) is 7.75. The van der Waals surface area contributed by atoms with Gasteiger partial charge >= 0.3 is 0 Å². The maximum absolute atomic E-state index is 12.4. The number of carbonyl (C=O) groups is 1. The number of para-hydroxylation sites is 1. The number of aromatic nitrogens is 3. The third kappa shape index (κ3) is 4.51. The normalized spacial score (nSPS) is 11.7. The maximum Gasteiger partial charge on any atom is 0.227 e. The summed E-state index contributed by atoms with van der Waals surface area (Å²) in [5, 5.41) is 7.86. The molecule has 6 nitrogen and oxygen atoms in total. The van der Waals surface area contributed by atoms with Gasteiger partial charge < -0.3 is 9.84 Å². The van der Waals surface area contributed by atoms with Crippen molar-refractivity contribution in [3.8, 4) is 10.6 Å². The largest absolute Gasteiger partial charge is 0.339 e. The standard InChI is InChI=1S/C22H22N4O2S/c1-22(2,3)21-25-19(28-26-21)12-11-18(27)23-15-8-6-7-14(13-15)20-24-16-9-4-5-10-17(16)29-20/h4-10,13H,11-12H2,1-3H3,(H,23,27).